The van der Waals surface area contributed by atoms with E-state index < -0.39 is 4.92 Å². The number of halogens is 2. The molecule has 0 aliphatic rings. The van der Waals surface area contributed by atoms with Crippen LogP contribution in [-0.2, 0) is 13.0 Å². The number of benzene rings is 1. The molecule has 7 heteroatoms. The summed E-state index contributed by atoms with van der Waals surface area (Å²) >= 11 is 9.45. The molecule has 0 aliphatic carbocycles. The molecule has 0 unspecified atom stereocenters. The van der Waals surface area contributed by atoms with Crippen molar-refractivity contribution in [3.8, 4) is 0 Å². The monoisotopic (exact) mass is 357 g/mol. The lowest BCUT2D eigenvalue weighted by molar-refractivity contribution is -0.385. The van der Waals surface area contributed by atoms with Gasteiger partial charge in [0.05, 0.1) is 11.5 Å². The van der Waals surface area contributed by atoms with Gasteiger partial charge in [0.25, 0.3) is 0 Å². The molecule has 2 aromatic rings. The summed E-state index contributed by atoms with van der Waals surface area (Å²) in [5.74, 6) is 0. The van der Waals surface area contributed by atoms with Crippen LogP contribution in [0.5, 0.6) is 0 Å². The van der Waals surface area contributed by atoms with Gasteiger partial charge in [0, 0.05) is 4.47 Å². The fourth-order valence-electron chi connectivity index (χ4n) is 1.93. The second-order valence-corrected chi connectivity index (χ2v) is 5.65. The number of rotatable bonds is 5. The van der Waals surface area contributed by atoms with Gasteiger partial charge in [-0.3, -0.25) is 10.1 Å². The van der Waals surface area contributed by atoms with Crippen LogP contribution in [0.15, 0.2) is 28.7 Å². The molecule has 0 amide bonds. The average Bonchev–Trinajstić information content (AvgIpc) is 2.69. The van der Waals surface area contributed by atoms with E-state index in [4.69, 9.17) is 11.6 Å². The molecule has 0 aliphatic heterocycles. The third-order valence-corrected chi connectivity index (χ3v) is 3.75. The van der Waals surface area contributed by atoms with Gasteiger partial charge in [-0.2, -0.15) is 5.10 Å². The predicted molar refractivity (Wildman–Crippen MR) is 81.1 cm³/mol. The third-order valence-electron chi connectivity index (χ3n) is 2.85. The summed E-state index contributed by atoms with van der Waals surface area (Å²) in [6.07, 6.45) is 1.33. The van der Waals surface area contributed by atoms with Crippen molar-refractivity contribution >= 4 is 33.2 Å². The standard InChI is InChI=1S/C13H13BrClN3O2/c1-2-3-11-12(18(19)20)13(15)17(16-11)8-9-4-6-10(14)7-5-9/h4-7H,2-3,8H2,1H3. The lowest BCUT2D eigenvalue weighted by Crippen LogP contribution is -2.02. The normalized spacial score (nSPS) is 10.8. The van der Waals surface area contributed by atoms with E-state index in [1.54, 1.807) is 0 Å². The first-order chi connectivity index (χ1) is 9.52. The number of aryl methyl sites for hydroxylation is 1. The fourth-order valence-corrected chi connectivity index (χ4v) is 2.47. The molecule has 0 radical (unpaired) electrons. The van der Waals surface area contributed by atoms with Crippen LogP contribution < -0.4 is 0 Å². The summed E-state index contributed by atoms with van der Waals surface area (Å²) in [5, 5.41) is 15.4. The zero-order valence-electron chi connectivity index (χ0n) is 10.8. The smallest absolute Gasteiger partial charge is 0.258 e. The maximum absolute atomic E-state index is 11.1. The molecule has 5 nitrogen and oxygen atoms in total. The van der Waals surface area contributed by atoms with Crippen molar-refractivity contribution in [1.29, 1.82) is 0 Å². The van der Waals surface area contributed by atoms with Crippen LogP contribution in [0.2, 0.25) is 5.15 Å². The SMILES string of the molecule is CCCc1nn(Cc2ccc(Br)cc2)c(Cl)c1[N+](=O)[O-]. The summed E-state index contributed by atoms with van der Waals surface area (Å²) in [5.41, 5.74) is 1.35. The lowest BCUT2D eigenvalue weighted by Gasteiger charge is -2.02. The quantitative estimate of drug-likeness (QED) is 0.594. The van der Waals surface area contributed by atoms with E-state index in [1.165, 1.54) is 4.68 Å². The Morgan fingerprint density at radius 2 is 2.05 bits per heavy atom. The Kier molecular flexibility index (Phi) is 4.77. The highest BCUT2D eigenvalue weighted by atomic mass is 79.9. The third kappa shape index (κ3) is 3.19. The first-order valence-electron chi connectivity index (χ1n) is 6.17. The van der Waals surface area contributed by atoms with E-state index in [0.29, 0.717) is 18.7 Å². The van der Waals surface area contributed by atoms with Gasteiger partial charge in [0.15, 0.2) is 0 Å². The summed E-state index contributed by atoms with van der Waals surface area (Å²) in [6.45, 7) is 2.36. The molecule has 2 rings (SSSR count). The van der Waals surface area contributed by atoms with E-state index >= 15 is 0 Å². The largest absolute Gasteiger partial charge is 0.329 e. The van der Waals surface area contributed by atoms with Crippen molar-refractivity contribution in [3.63, 3.8) is 0 Å². The number of hydrogen-bond acceptors (Lipinski definition) is 3. The molecule has 1 aromatic heterocycles. The second kappa shape index (κ2) is 6.37. The Morgan fingerprint density at radius 3 is 2.60 bits per heavy atom. The fraction of sp³-hybridized carbons (Fsp3) is 0.308. The maximum atomic E-state index is 11.1. The van der Waals surface area contributed by atoms with Gasteiger partial charge in [-0.1, -0.05) is 53.0 Å². The van der Waals surface area contributed by atoms with Crippen LogP contribution in [0.1, 0.15) is 24.6 Å². The molecular weight excluding hydrogens is 346 g/mol. The van der Waals surface area contributed by atoms with Crippen LogP contribution in [0.4, 0.5) is 5.69 Å². The molecule has 0 fully saturated rings. The van der Waals surface area contributed by atoms with Crippen LogP contribution in [0, 0.1) is 10.1 Å². The van der Waals surface area contributed by atoms with E-state index in [9.17, 15) is 10.1 Å². The topological polar surface area (TPSA) is 61.0 Å². The van der Waals surface area contributed by atoms with Crippen molar-refractivity contribution in [2.75, 3.05) is 0 Å². The van der Waals surface area contributed by atoms with E-state index in [1.807, 2.05) is 31.2 Å². The van der Waals surface area contributed by atoms with Gasteiger partial charge in [0.1, 0.15) is 5.69 Å². The molecule has 106 valence electrons. The molecule has 0 bridgehead atoms. The Bertz CT molecular complexity index is 625. The molecule has 1 heterocycles. The highest BCUT2D eigenvalue weighted by Crippen LogP contribution is 2.29. The minimum absolute atomic E-state index is 0.0781. The molecule has 0 spiro atoms. The van der Waals surface area contributed by atoms with Crippen LogP contribution in [0.25, 0.3) is 0 Å². The first kappa shape index (κ1) is 15.0. The number of nitrogens with zero attached hydrogens (tertiary/aromatic N) is 3. The van der Waals surface area contributed by atoms with Crippen molar-refractivity contribution < 1.29 is 4.92 Å². The molecule has 0 saturated heterocycles. The highest BCUT2D eigenvalue weighted by molar-refractivity contribution is 9.10. The van der Waals surface area contributed by atoms with E-state index in [-0.39, 0.29) is 10.8 Å². The van der Waals surface area contributed by atoms with Gasteiger partial charge in [-0.15, -0.1) is 0 Å². The first-order valence-corrected chi connectivity index (χ1v) is 7.34. The molecule has 20 heavy (non-hydrogen) atoms. The Balaban J connectivity index is 2.34. The summed E-state index contributed by atoms with van der Waals surface area (Å²) in [7, 11) is 0. The van der Waals surface area contributed by atoms with Crippen molar-refractivity contribution in [1.82, 2.24) is 9.78 Å². The van der Waals surface area contributed by atoms with E-state index in [2.05, 4.69) is 21.0 Å². The van der Waals surface area contributed by atoms with Gasteiger partial charge in [0.2, 0.25) is 5.15 Å². The zero-order valence-corrected chi connectivity index (χ0v) is 13.2. The van der Waals surface area contributed by atoms with Crippen LogP contribution >= 0.6 is 27.5 Å². The average molecular weight is 359 g/mol. The highest BCUT2D eigenvalue weighted by Gasteiger charge is 2.25. The Morgan fingerprint density at radius 1 is 1.40 bits per heavy atom. The Hall–Kier alpha value is -1.40. The number of hydrogen-bond donors (Lipinski definition) is 0. The van der Waals surface area contributed by atoms with Crippen LogP contribution in [-0.4, -0.2) is 14.7 Å². The van der Waals surface area contributed by atoms with Gasteiger partial charge < -0.3 is 0 Å². The van der Waals surface area contributed by atoms with Gasteiger partial charge >= 0.3 is 5.69 Å². The number of nitro groups is 1. The van der Waals surface area contributed by atoms with Crippen molar-refractivity contribution in [2.45, 2.75) is 26.3 Å². The molecular formula is C13H13BrClN3O2. The molecule has 1 aromatic carbocycles. The summed E-state index contributed by atoms with van der Waals surface area (Å²) in [4.78, 5) is 10.6. The maximum Gasteiger partial charge on any atom is 0.329 e. The van der Waals surface area contributed by atoms with Crippen LogP contribution in [0.3, 0.4) is 0 Å². The Labute approximate surface area is 129 Å². The number of aromatic nitrogens is 2. The van der Waals surface area contributed by atoms with Crippen molar-refractivity contribution in [2.24, 2.45) is 0 Å². The minimum atomic E-state index is -0.460. The zero-order chi connectivity index (χ0) is 14.7. The van der Waals surface area contributed by atoms with Crippen molar-refractivity contribution in [3.05, 3.63) is 55.3 Å². The minimum Gasteiger partial charge on any atom is -0.258 e. The molecule has 0 saturated carbocycles. The van der Waals surface area contributed by atoms with E-state index in [0.717, 1.165) is 16.5 Å². The summed E-state index contributed by atoms with van der Waals surface area (Å²) in [6, 6.07) is 7.67. The molecule has 0 N–H and O–H groups in total. The second-order valence-electron chi connectivity index (χ2n) is 4.38. The summed E-state index contributed by atoms with van der Waals surface area (Å²) < 4.78 is 2.46. The van der Waals surface area contributed by atoms with Gasteiger partial charge in [-0.25, -0.2) is 4.68 Å². The molecule has 0 atom stereocenters. The lowest BCUT2D eigenvalue weighted by atomic mass is 10.2. The predicted octanol–water partition coefficient (Wildman–Crippen LogP) is 4.21. The van der Waals surface area contributed by atoms with Gasteiger partial charge in [-0.05, 0) is 24.1 Å².